The Labute approximate surface area is 134 Å². The number of hydrogen-bond donors (Lipinski definition) is 1. The maximum Gasteiger partial charge on any atom is 0.231 e. The van der Waals surface area contributed by atoms with E-state index in [1.807, 2.05) is 12.3 Å². The SMILES string of the molecule is CC(C)c1noc([C@H]2CCCN(c3ncnc4[nH]ccc34)C2)n1. The number of piperidine rings is 1. The number of H-pyrrole nitrogens is 1. The summed E-state index contributed by atoms with van der Waals surface area (Å²) < 4.78 is 5.50. The van der Waals surface area contributed by atoms with E-state index < -0.39 is 0 Å². The standard InChI is InChI=1S/C16H20N6O/c1-10(2)13-20-16(23-21-13)11-4-3-7-22(8-11)15-12-5-6-17-14(12)18-9-19-15/h5-6,9-11H,3-4,7-8H2,1-2H3,(H,17,18,19)/t11-/m0/s1. The minimum Gasteiger partial charge on any atom is -0.355 e. The summed E-state index contributed by atoms with van der Waals surface area (Å²) in [6, 6.07) is 2.03. The first kappa shape index (κ1) is 14.2. The van der Waals surface area contributed by atoms with E-state index in [1.165, 1.54) is 0 Å². The van der Waals surface area contributed by atoms with Crippen molar-refractivity contribution in [2.24, 2.45) is 0 Å². The van der Waals surface area contributed by atoms with Crippen LogP contribution >= 0.6 is 0 Å². The van der Waals surface area contributed by atoms with Gasteiger partial charge >= 0.3 is 0 Å². The van der Waals surface area contributed by atoms with Crippen LogP contribution in [0, 0.1) is 0 Å². The van der Waals surface area contributed by atoms with E-state index in [0.717, 1.165) is 54.5 Å². The first-order chi connectivity index (χ1) is 11.2. The Morgan fingerprint density at radius 3 is 3.09 bits per heavy atom. The number of nitrogens with one attached hydrogen (secondary N) is 1. The Kier molecular flexibility index (Phi) is 3.48. The lowest BCUT2D eigenvalue weighted by atomic mass is 9.97. The molecule has 0 amide bonds. The topological polar surface area (TPSA) is 83.7 Å². The van der Waals surface area contributed by atoms with Gasteiger partial charge in [-0.3, -0.25) is 0 Å². The zero-order chi connectivity index (χ0) is 15.8. The molecule has 120 valence electrons. The molecule has 0 aliphatic carbocycles. The number of nitrogens with zero attached hydrogens (tertiary/aromatic N) is 5. The largest absolute Gasteiger partial charge is 0.355 e. The number of rotatable bonds is 3. The van der Waals surface area contributed by atoms with E-state index in [4.69, 9.17) is 4.52 Å². The van der Waals surface area contributed by atoms with Gasteiger partial charge in [0.05, 0.1) is 11.3 Å². The molecule has 7 nitrogen and oxygen atoms in total. The van der Waals surface area contributed by atoms with E-state index in [2.05, 4.69) is 43.8 Å². The normalized spacial score (nSPS) is 18.9. The highest BCUT2D eigenvalue weighted by Crippen LogP contribution is 2.31. The lowest BCUT2D eigenvalue weighted by molar-refractivity contribution is 0.329. The lowest BCUT2D eigenvalue weighted by Gasteiger charge is -2.32. The molecule has 0 saturated carbocycles. The molecule has 1 aliphatic rings. The highest BCUT2D eigenvalue weighted by Gasteiger charge is 2.28. The molecule has 1 N–H and O–H groups in total. The molecule has 0 spiro atoms. The minimum atomic E-state index is 0.257. The van der Waals surface area contributed by atoms with Crippen LogP contribution in [-0.2, 0) is 0 Å². The predicted molar refractivity (Wildman–Crippen MR) is 86.5 cm³/mol. The number of anilines is 1. The number of aromatic amines is 1. The Hall–Kier alpha value is -2.44. The third-order valence-corrected chi connectivity index (χ3v) is 4.38. The van der Waals surface area contributed by atoms with Gasteiger partial charge in [-0.05, 0) is 18.9 Å². The molecule has 0 aromatic carbocycles. The highest BCUT2D eigenvalue weighted by atomic mass is 16.5. The van der Waals surface area contributed by atoms with E-state index in [-0.39, 0.29) is 11.8 Å². The van der Waals surface area contributed by atoms with E-state index in [1.54, 1.807) is 6.33 Å². The zero-order valence-corrected chi connectivity index (χ0v) is 13.4. The molecule has 1 saturated heterocycles. The first-order valence-corrected chi connectivity index (χ1v) is 8.09. The summed E-state index contributed by atoms with van der Waals surface area (Å²) in [5.74, 6) is 3.05. The molecule has 3 aromatic heterocycles. The van der Waals surface area contributed by atoms with Crippen molar-refractivity contribution in [2.75, 3.05) is 18.0 Å². The van der Waals surface area contributed by atoms with Gasteiger partial charge in [-0.15, -0.1) is 0 Å². The van der Waals surface area contributed by atoms with Crippen molar-refractivity contribution in [1.29, 1.82) is 0 Å². The molecule has 1 fully saturated rings. The fraction of sp³-hybridized carbons (Fsp3) is 0.500. The average Bonchev–Trinajstić information content (AvgIpc) is 3.24. The molecule has 3 aromatic rings. The monoisotopic (exact) mass is 312 g/mol. The second-order valence-corrected chi connectivity index (χ2v) is 6.37. The Bertz CT molecular complexity index is 808. The van der Waals surface area contributed by atoms with Crippen molar-refractivity contribution in [3.8, 4) is 0 Å². The van der Waals surface area contributed by atoms with E-state index >= 15 is 0 Å². The van der Waals surface area contributed by atoms with E-state index in [0.29, 0.717) is 0 Å². The summed E-state index contributed by atoms with van der Waals surface area (Å²) in [7, 11) is 0. The fourth-order valence-electron chi connectivity index (χ4n) is 3.13. The molecule has 4 rings (SSSR count). The zero-order valence-electron chi connectivity index (χ0n) is 13.4. The smallest absolute Gasteiger partial charge is 0.231 e. The molecule has 1 aliphatic heterocycles. The number of fused-ring (bicyclic) bond motifs is 1. The van der Waals surface area contributed by atoms with Crippen LogP contribution in [-0.4, -0.2) is 38.2 Å². The fourth-order valence-corrected chi connectivity index (χ4v) is 3.13. The van der Waals surface area contributed by atoms with Gasteiger partial charge in [-0.1, -0.05) is 19.0 Å². The molecule has 0 bridgehead atoms. The summed E-state index contributed by atoms with van der Waals surface area (Å²) in [6.07, 6.45) is 5.66. The van der Waals surface area contributed by atoms with Gasteiger partial charge in [-0.25, -0.2) is 9.97 Å². The first-order valence-electron chi connectivity index (χ1n) is 8.09. The van der Waals surface area contributed by atoms with Gasteiger partial charge in [-0.2, -0.15) is 4.98 Å². The maximum absolute atomic E-state index is 5.50. The summed E-state index contributed by atoms with van der Waals surface area (Å²) in [6.45, 7) is 5.98. The average molecular weight is 312 g/mol. The molecular formula is C16H20N6O. The molecule has 4 heterocycles. The van der Waals surface area contributed by atoms with E-state index in [9.17, 15) is 0 Å². The van der Waals surface area contributed by atoms with Gasteiger partial charge in [0.15, 0.2) is 5.82 Å². The van der Waals surface area contributed by atoms with Crippen molar-refractivity contribution in [2.45, 2.75) is 38.5 Å². The second-order valence-electron chi connectivity index (χ2n) is 6.37. The van der Waals surface area contributed by atoms with Crippen molar-refractivity contribution < 1.29 is 4.52 Å². The molecule has 7 heteroatoms. The van der Waals surface area contributed by atoms with Crippen molar-refractivity contribution in [1.82, 2.24) is 25.1 Å². The summed E-state index contributed by atoms with van der Waals surface area (Å²) >= 11 is 0. The molecule has 1 atom stereocenters. The Balaban J connectivity index is 1.60. The van der Waals surface area contributed by atoms with Crippen LogP contribution in [0.4, 0.5) is 5.82 Å². The third kappa shape index (κ3) is 2.56. The molecule has 0 unspecified atom stereocenters. The summed E-state index contributed by atoms with van der Waals surface area (Å²) in [5.41, 5.74) is 0.872. The molecule has 0 radical (unpaired) electrons. The van der Waals surface area contributed by atoms with Crippen LogP contribution in [0.25, 0.3) is 11.0 Å². The second kappa shape index (κ2) is 5.64. The number of aromatic nitrogens is 5. The minimum absolute atomic E-state index is 0.257. The van der Waals surface area contributed by atoms with Gasteiger partial charge in [0.25, 0.3) is 0 Å². The van der Waals surface area contributed by atoms with Crippen LogP contribution in [0.5, 0.6) is 0 Å². The van der Waals surface area contributed by atoms with Crippen LogP contribution < -0.4 is 4.90 Å². The Morgan fingerprint density at radius 2 is 2.26 bits per heavy atom. The van der Waals surface area contributed by atoms with Crippen molar-refractivity contribution >= 4 is 16.9 Å². The van der Waals surface area contributed by atoms with Crippen LogP contribution in [0.2, 0.25) is 0 Å². The van der Waals surface area contributed by atoms with Gasteiger partial charge in [0.1, 0.15) is 17.8 Å². The summed E-state index contributed by atoms with van der Waals surface area (Å²) in [4.78, 5) is 18.8. The Morgan fingerprint density at radius 1 is 1.35 bits per heavy atom. The highest BCUT2D eigenvalue weighted by molar-refractivity contribution is 5.87. The van der Waals surface area contributed by atoms with Crippen LogP contribution in [0.1, 0.15) is 50.2 Å². The van der Waals surface area contributed by atoms with Crippen molar-refractivity contribution in [3.63, 3.8) is 0 Å². The van der Waals surface area contributed by atoms with Crippen LogP contribution in [0.3, 0.4) is 0 Å². The van der Waals surface area contributed by atoms with Gasteiger partial charge in [0, 0.05) is 25.2 Å². The summed E-state index contributed by atoms with van der Waals surface area (Å²) in [5, 5.41) is 5.15. The number of hydrogen-bond acceptors (Lipinski definition) is 6. The predicted octanol–water partition coefficient (Wildman–Crippen LogP) is 2.85. The molecule has 23 heavy (non-hydrogen) atoms. The quantitative estimate of drug-likeness (QED) is 0.800. The van der Waals surface area contributed by atoms with Gasteiger partial charge in [0.2, 0.25) is 5.89 Å². The molecular weight excluding hydrogens is 292 g/mol. The van der Waals surface area contributed by atoms with Crippen molar-refractivity contribution in [3.05, 3.63) is 30.3 Å². The lowest BCUT2D eigenvalue weighted by Crippen LogP contribution is -2.35. The van der Waals surface area contributed by atoms with Crippen LogP contribution in [0.15, 0.2) is 23.1 Å². The van der Waals surface area contributed by atoms with Gasteiger partial charge < -0.3 is 14.4 Å². The maximum atomic E-state index is 5.50. The third-order valence-electron chi connectivity index (χ3n) is 4.38.